The Morgan fingerprint density at radius 1 is 0.411 bits per heavy atom. The summed E-state index contributed by atoms with van der Waals surface area (Å²) in [6, 6.07) is 12.2. The summed E-state index contributed by atoms with van der Waals surface area (Å²) in [6.45, 7) is 0. The van der Waals surface area contributed by atoms with Gasteiger partial charge in [0.15, 0.2) is 11.5 Å². The maximum atomic E-state index is 13.7. The number of benzene rings is 5. The second-order valence-electron chi connectivity index (χ2n) is 11.1. The van der Waals surface area contributed by atoms with Gasteiger partial charge in [0.1, 0.15) is 14.7 Å². The Balaban J connectivity index is 1.74. The summed E-state index contributed by atoms with van der Waals surface area (Å²) in [5, 5.41) is 0. The molecule has 0 aliphatic heterocycles. The molecule has 0 heterocycles. The highest BCUT2D eigenvalue weighted by Crippen LogP contribution is 2.45. The fourth-order valence-corrected chi connectivity index (χ4v) is 7.44. The minimum atomic E-state index is -5.49. The minimum absolute atomic E-state index is 0.230. The summed E-state index contributed by atoms with van der Waals surface area (Å²) in [6.07, 6.45) is -14.8. The average molecular weight is 855 g/mol. The van der Waals surface area contributed by atoms with E-state index in [9.17, 15) is 69.6 Å². The third-order valence-electron chi connectivity index (χ3n) is 7.35. The van der Waals surface area contributed by atoms with Crippen LogP contribution in [0.25, 0.3) is 0 Å². The van der Waals surface area contributed by atoms with E-state index in [1.54, 1.807) is 0 Å². The van der Waals surface area contributed by atoms with Crippen LogP contribution in [0, 0.1) is 0 Å². The number of carbonyl (C=O) groups is 1. The quantitative estimate of drug-likeness (QED) is 0.0723. The summed E-state index contributed by atoms with van der Waals surface area (Å²) in [7, 11) is -16.3. The van der Waals surface area contributed by atoms with E-state index in [0.29, 0.717) is 84.9 Å². The van der Waals surface area contributed by atoms with E-state index >= 15 is 0 Å². The van der Waals surface area contributed by atoms with E-state index in [-0.39, 0.29) is 5.56 Å². The molecule has 0 bridgehead atoms. The molecule has 5 aromatic rings. The summed E-state index contributed by atoms with van der Waals surface area (Å²) >= 11 is 0. The zero-order valence-corrected chi connectivity index (χ0v) is 29.6. The van der Waals surface area contributed by atoms with Gasteiger partial charge in [-0.25, -0.2) is 0 Å². The monoisotopic (exact) mass is 854 g/mol. The molecule has 0 spiro atoms. The van der Waals surface area contributed by atoms with Crippen LogP contribution in [-0.4, -0.2) is 31.0 Å². The van der Waals surface area contributed by atoms with Gasteiger partial charge in [0.25, 0.3) is 0 Å². The molecule has 296 valence electrons. The van der Waals surface area contributed by atoms with Crippen LogP contribution >= 0.6 is 0 Å². The van der Waals surface area contributed by atoms with Gasteiger partial charge in [-0.1, -0.05) is 30.3 Å². The number of hydrogen-bond acceptors (Lipinski definition) is 10. The van der Waals surface area contributed by atoms with Gasteiger partial charge in [-0.2, -0.15) is 64.8 Å². The fourth-order valence-electron chi connectivity index (χ4n) is 4.61. The summed E-state index contributed by atoms with van der Waals surface area (Å²) < 4.78 is 215. The zero-order chi connectivity index (χ0) is 41.5. The molecule has 0 amide bonds. The Kier molecular flexibility index (Phi) is 11.0. The fraction of sp³-hybridized carbons (Fsp3) is 0.0882. The Bertz CT molecular complexity index is 2590. The van der Waals surface area contributed by atoms with E-state index < -0.39 is 109 Å². The van der Waals surface area contributed by atoms with Crippen molar-refractivity contribution in [1.82, 2.24) is 0 Å². The molecular formula is C34H19F9O10S3. The van der Waals surface area contributed by atoms with Crippen molar-refractivity contribution in [2.45, 2.75) is 33.2 Å². The Labute approximate surface area is 311 Å². The summed E-state index contributed by atoms with van der Waals surface area (Å²) in [5.74, 6) is -5.47. The van der Waals surface area contributed by atoms with E-state index in [1.807, 2.05) is 0 Å². The highest BCUT2D eigenvalue weighted by Gasteiger charge is 2.36. The summed E-state index contributed by atoms with van der Waals surface area (Å²) in [4.78, 5) is 10.7. The first kappa shape index (κ1) is 41.6. The van der Waals surface area contributed by atoms with Gasteiger partial charge >= 0.3 is 48.9 Å². The number of carbonyl (C=O) groups excluding carboxylic acids is 1. The molecule has 5 rings (SSSR count). The molecule has 0 atom stereocenters. The highest BCUT2D eigenvalue weighted by molar-refractivity contribution is 7.87. The lowest BCUT2D eigenvalue weighted by Gasteiger charge is -2.19. The molecule has 0 aliphatic rings. The maximum Gasteiger partial charge on any atom is 0.416 e. The summed E-state index contributed by atoms with van der Waals surface area (Å²) in [5.41, 5.74) is -5.07. The lowest BCUT2D eigenvalue weighted by molar-refractivity contribution is -0.138. The molecule has 0 radical (unpaired) electrons. The Morgan fingerprint density at radius 3 is 1.11 bits per heavy atom. The number of ketones is 1. The van der Waals surface area contributed by atoms with Gasteiger partial charge in [0.2, 0.25) is 11.5 Å². The average Bonchev–Trinajstić information content (AvgIpc) is 3.12. The van der Waals surface area contributed by atoms with E-state index in [4.69, 9.17) is 12.5 Å². The van der Waals surface area contributed by atoms with Crippen molar-refractivity contribution in [3.05, 3.63) is 143 Å². The lowest BCUT2D eigenvalue weighted by Crippen LogP contribution is -2.18. The number of hydrogen-bond donors (Lipinski definition) is 0. The van der Waals surface area contributed by atoms with Crippen molar-refractivity contribution < 1.29 is 82.1 Å². The first-order valence-electron chi connectivity index (χ1n) is 14.9. The molecule has 22 heteroatoms. The largest absolute Gasteiger partial charge is 0.416 e. The van der Waals surface area contributed by atoms with Crippen molar-refractivity contribution >= 4 is 36.1 Å². The predicted octanol–water partition coefficient (Wildman–Crippen LogP) is 8.28. The van der Waals surface area contributed by atoms with Crippen LogP contribution in [0.2, 0.25) is 0 Å². The van der Waals surface area contributed by atoms with Crippen LogP contribution in [-0.2, 0) is 48.9 Å². The van der Waals surface area contributed by atoms with Gasteiger partial charge < -0.3 is 12.5 Å². The second-order valence-corrected chi connectivity index (χ2v) is 15.8. The number of halogens is 9. The van der Waals surface area contributed by atoms with Gasteiger partial charge in [-0.15, -0.1) is 0 Å². The van der Waals surface area contributed by atoms with Crippen molar-refractivity contribution in [3.63, 3.8) is 0 Å². The predicted molar refractivity (Wildman–Crippen MR) is 174 cm³/mol. The van der Waals surface area contributed by atoms with Gasteiger partial charge in [0.05, 0.1) is 22.3 Å². The molecule has 0 saturated carbocycles. The SMILES string of the molecule is O=C(c1ccccc1)c1ccc(OS(=O)(=O)c2ccc(C(F)(F)F)cc2)c(OS(=O)(=O)c2ccc(C(F)(F)F)cc2)c1OS(=O)(=O)c1ccc(C(F)(F)F)cc1. The highest BCUT2D eigenvalue weighted by atomic mass is 32.2. The molecule has 0 fully saturated rings. The standard InChI is InChI=1S/C34H19F9O10S3/c35-32(36,37)21-6-12-24(13-7-21)54(45,46)51-28-19-18-27(29(44)20-4-2-1-3-5-20)30(52-55(47,48)25-14-8-22(9-15-25)33(38,39)40)31(28)53-56(49,50)26-16-10-23(11-17-26)34(41,42)43/h1-19H. The third kappa shape index (κ3) is 9.25. The lowest BCUT2D eigenvalue weighted by atomic mass is 10.0. The first-order valence-corrected chi connectivity index (χ1v) is 19.1. The number of alkyl halides is 9. The molecule has 5 aromatic carbocycles. The van der Waals surface area contributed by atoms with Crippen LogP contribution in [0.5, 0.6) is 17.2 Å². The van der Waals surface area contributed by atoms with E-state index in [1.165, 1.54) is 30.3 Å². The first-order chi connectivity index (χ1) is 25.8. The molecule has 0 N–H and O–H groups in total. The zero-order valence-electron chi connectivity index (χ0n) is 27.2. The van der Waals surface area contributed by atoms with Crippen molar-refractivity contribution in [2.24, 2.45) is 0 Å². The van der Waals surface area contributed by atoms with E-state index in [2.05, 4.69) is 0 Å². The van der Waals surface area contributed by atoms with Crippen LogP contribution in [0.15, 0.2) is 130 Å². The maximum absolute atomic E-state index is 13.7. The van der Waals surface area contributed by atoms with Crippen LogP contribution in [0.3, 0.4) is 0 Å². The molecule has 0 saturated heterocycles. The Hall–Kier alpha value is -5.61. The van der Waals surface area contributed by atoms with E-state index in [0.717, 1.165) is 0 Å². The molecule has 0 aromatic heterocycles. The van der Waals surface area contributed by atoms with Crippen LogP contribution < -0.4 is 12.5 Å². The molecule has 56 heavy (non-hydrogen) atoms. The third-order valence-corrected chi connectivity index (χ3v) is 11.1. The van der Waals surface area contributed by atoms with Gasteiger partial charge in [-0.05, 0) is 84.9 Å². The minimum Gasteiger partial charge on any atom is -0.375 e. The number of rotatable bonds is 11. The second kappa shape index (κ2) is 14.8. The molecule has 0 aliphatic carbocycles. The molecular weight excluding hydrogens is 836 g/mol. The van der Waals surface area contributed by atoms with Crippen LogP contribution in [0.4, 0.5) is 39.5 Å². The van der Waals surface area contributed by atoms with Crippen molar-refractivity contribution in [3.8, 4) is 17.2 Å². The molecule has 10 nitrogen and oxygen atoms in total. The topological polar surface area (TPSA) is 147 Å². The Morgan fingerprint density at radius 2 is 0.750 bits per heavy atom. The van der Waals surface area contributed by atoms with Gasteiger partial charge in [-0.3, -0.25) is 4.79 Å². The smallest absolute Gasteiger partial charge is 0.375 e. The van der Waals surface area contributed by atoms with Gasteiger partial charge in [0, 0.05) is 5.56 Å². The normalized spacial score (nSPS) is 12.9. The molecule has 0 unspecified atom stereocenters. The van der Waals surface area contributed by atoms with Crippen molar-refractivity contribution in [1.29, 1.82) is 0 Å². The van der Waals surface area contributed by atoms with Crippen molar-refractivity contribution in [2.75, 3.05) is 0 Å². The van der Waals surface area contributed by atoms with Crippen LogP contribution in [0.1, 0.15) is 32.6 Å².